The summed E-state index contributed by atoms with van der Waals surface area (Å²) in [5, 5.41) is 14.5. The van der Waals surface area contributed by atoms with E-state index in [-0.39, 0.29) is 0 Å². The van der Waals surface area contributed by atoms with Crippen LogP contribution in [-0.2, 0) is 6.42 Å². The third-order valence-electron chi connectivity index (χ3n) is 3.18. The SMILES string of the molecule is O=C(NCCC(F)(F)F)NC1c2ccccc2CC1O. The molecule has 0 saturated heterocycles. The van der Waals surface area contributed by atoms with E-state index in [0.717, 1.165) is 11.1 Å². The van der Waals surface area contributed by atoms with Crippen LogP contribution in [-0.4, -0.2) is 30.0 Å². The summed E-state index contributed by atoms with van der Waals surface area (Å²) in [6, 6.07) is 5.95. The Morgan fingerprint density at radius 1 is 1.35 bits per heavy atom. The van der Waals surface area contributed by atoms with Crippen LogP contribution in [0.5, 0.6) is 0 Å². The fraction of sp³-hybridized carbons (Fsp3) is 0.462. The first kappa shape index (κ1) is 14.6. The van der Waals surface area contributed by atoms with Crippen LogP contribution in [0, 0.1) is 0 Å². The molecular weight excluding hydrogens is 273 g/mol. The Morgan fingerprint density at radius 2 is 2.05 bits per heavy atom. The molecule has 0 saturated carbocycles. The summed E-state index contributed by atoms with van der Waals surface area (Å²) in [6.45, 7) is -0.486. The number of hydrogen-bond donors (Lipinski definition) is 3. The number of nitrogens with one attached hydrogen (secondary N) is 2. The van der Waals surface area contributed by atoms with Crippen molar-refractivity contribution in [2.45, 2.75) is 31.2 Å². The Labute approximate surface area is 114 Å². The van der Waals surface area contributed by atoms with E-state index in [1.165, 1.54) is 0 Å². The van der Waals surface area contributed by atoms with Crippen molar-refractivity contribution in [3.8, 4) is 0 Å². The zero-order chi connectivity index (χ0) is 14.8. The maximum absolute atomic E-state index is 12.0. The van der Waals surface area contributed by atoms with Gasteiger partial charge in [0.2, 0.25) is 0 Å². The highest BCUT2D eigenvalue weighted by molar-refractivity contribution is 5.74. The fourth-order valence-electron chi connectivity index (χ4n) is 2.26. The summed E-state index contributed by atoms with van der Waals surface area (Å²) in [6.07, 6.45) is -5.72. The zero-order valence-corrected chi connectivity index (χ0v) is 10.6. The maximum atomic E-state index is 12.0. The molecule has 1 aliphatic rings. The van der Waals surface area contributed by atoms with E-state index >= 15 is 0 Å². The van der Waals surface area contributed by atoms with Crippen LogP contribution in [0.4, 0.5) is 18.0 Å². The lowest BCUT2D eigenvalue weighted by Gasteiger charge is -2.18. The van der Waals surface area contributed by atoms with Crippen LogP contribution in [0.3, 0.4) is 0 Å². The van der Waals surface area contributed by atoms with Crippen LogP contribution in [0.2, 0.25) is 0 Å². The molecular formula is C13H15F3N2O2. The summed E-state index contributed by atoms with van der Waals surface area (Å²) < 4.78 is 35.9. The van der Waals surface area contributed by atoms with Gasteiger partial charge in [-0.15, -0.1) is 0 Å². The van der Waals surface area contributed by atoms with Crippen molar-refractivity contribution in [3.63, 3.8) is 0 Å². The Kier molecular flexibility index (Phi) is 4.17. The Bertz CT molecular complexity index is 491. The molecule has 2 rings (SSSR count). The molecule has 2 atom stereocenters. The van der Waals surface area contributed by atoms with E-state index in [1.807, 2.05) is 12.1 Å². The van der Waals surface area contributed by atoms with Crippen molar-refractivity contribution in [2.24, 2.45) is 0 Å². The average molecular weight is 288 g/mol. The van der Waals surface area contributed by atoms with Crippen LogP contribution in [0.1, 0.15) is 23.6 Å². The zero-order valence-electron chi connectivity index (χ0n) is 10.6. The molecule has 4 nitrogen and oxygen atoms in total. The number of aliphatic hydroxyl groups is 1. The molecule has 20 heavy (non-hydrogen) atoms. The molecule has 3 N–H and O–H groups in total. The highest BCUT2D eigenvalue weighted by Gasteiger charge is 2.32. The predicted octanol–water partition coefficient (Wildman–Crippen LogP) is 1.90. The van der Waals surface area contributed by atoms with Gasteiger partial charge in [0.05, 0.1) is 18.6 Å². The molecule has 1 aliphatic carbocycles. The third kappa shape index (κ3) is 3.63. The topological polar surface area (TPSA) is 61.4 Å². The number of hydrogen-bond acceptors (Lipinski definition) is 2. The molecule has 1 aromatic carbocycles. The molecule has 1 aromatic rings. The highest BCUT2D eigenvalue weighted by atomic mass is 19.4. The number of alkyl halides is 3. The number of fused-ring (bicyclic) bond motifs is 1. The van der Waals surface area contributed by atoms with Gasteiger partial charge in [0.25, 0.3) is 0 Å². The second-order valence-electron chi connectivity index (χ2n) is 4.71. The van der Waals surface area contributed by atoms with Crippen molar-refractivity contribution in [3.05, 3.63) is 35.4 Å². The molecule has 110 valence electrons. The van der Waals surface area contributed by atoms with E-state index in [0.29, 0.717) is 6.42 Å². The van der Waals surface area contributed by atoms with Crippen molar-refractivity contribution >= 4 is 6.03 Å². The Balaban J connectivity index is 1.89. The van der Waals surface area contributed by atoms with E-state index < -0.39 is 37.3 Å². The molecule has 0 radical (unpaired) electrons. The Morgan fingerprint density at radius 3 is 2.75 bits per heavy atom. The molecule has 0 aliphatic heterocycles. The van der Waals surface area contributed by atoms with Crippen LogP contribution in [0.25, 0.3) is 0 Å². The van der Waals surface area contributed by atoms with Gasteiger partial charge in [0.1, 0.15) is 0 Å². The second kappa shape index (κ2) is 5.70. The number of carbonyl (C=O) groups excluding carboxylic acids is 1. The number of halogens is 3. The van der Waals surface area contributed by atoms with Gasteiger partial charge in [-0.1, -0.05) is 24.3 Å². The number of carbonyl (C=O) groups is 1. The van der Waals surface area contributed by atoms with Gasteiger partial charge in [-0.2, -0.15) is 13.2 Å². The molecule has 0 spiro atoms. The Hall–Kier alpha value is -1.76. The van der Waals surface area contributed by atoms with E-state index in [2.05, 4.69) is 10.6 Å². The van der Waals surface area contributed by atoms with Crippen LogP contribution >= 0.6 is 0 Å². The first-order chi connectivity index (χ1) is 9.37. The third-order valence-corrected chi connectivity index (χ3v) is 3.18. The van der Waals surface area contributed by atoms with E-state index in [1.54, 1.807) is 12.1 Å². The minimum absolute atomic E-state index is 0.420. The summed E-state index contributed by atoms with van der Waals surface area (Å²) in [5.74, 6) is 0. The summed E-state index contributed by atoms with van der Waals surface area (Å²) in [7, 11) is 0. The fourth-order valence-corrected chi connectivity index (χ4v) is 2.26. The van der Waals surface area contributed by atoms with Gasteiger partial charge < -0.3 is 15.7 Å². The molecule has 0 bridgehead atoms. The normalized spacial score (nSPS) is 21.4. The van der Waals surface area contributed by atoms with Gasteiger partial charge in [-0.25, -0.2) is 4.79 Å². The number of urea groups is 1. The van der Waals surface area contributed by atoms with Crippen LogP contribution < -0.4 is 10.6 Å². The number of rotatable bonds is 3. The number of amides is 2. The average Bonchev–Trinajstić information content (AvgIpc) is 2.64. The summed E-state index contributed by atoms with van der Waals surface area (Å²) in [4.78, 5) is 11.5. The van der Waals surface area contributed by atoms with Crippen LogP contribution in [0.15, 0.2) is 24.3 Å². The quantitative estimate of drug-likeness (QED) is 0.795. The van der Waals surface area contributed by atoms with Crippen molar-refractivity contribution in [1.82, 2.24) is 10.6 Å². The predicted molar refractivity (Wildman–Crippen MR) is 66.1 cm³/mol. The van der Waals surface area contributed by atoms with Gasteiger partial charge >= 0.3 is 12.2 Å². The lowest BCUT2D eigenvalue weighted by atomic mass is 10.1. The summed E-state index contributed by atoms with van der Waals surface area (Å²) in [5.41, 5.74) is 1.73. The standard InChI is InChI=1S/C13H15F3N2O2/c14-13(15,16)5-6-17-12(20)18-11-9-4-2-1-3-8(9)7-10(11)19/h1-4,10-11,19H,5-7H2,(H2,17,18,20). The first-order valence-electron chi connectivity index (χ1n) is 6.24. The smallest absolute Gasteiger partial charge is 0.390 e. The van der Waals surface area contributed by atoms with E-state index in [4.69, 9.17) is 0 Å². The van der Waals surface area contributed by atoms with Crippen molar-refractivity contribution in [1.29, 1.82) is 0 Å². The van der Waals surface area contributed by atoms with Gasteiger partial charge in [-0.05, 0) is 11.1 Å². The first-order valence-corrected chi connectivity index (χ1v) is 6.24. The molecule has 2 unspecified atom stereocenters. The van der Waals surface area contributed by atoms with Crippen molar-refractivity contribution in [2.75, 3.05) is 6.54 Å². The largest absolute Gasteiger partial charge is 0.390 e. The second-order valence-corrected chi connectivity index (χ2v) is 4.71. The number of benzene rings is 1. The molecule has 0 heterocycles. The minimum atomic E-state index is -4.30. The van der Waals surface area contributed by atoms with Gasteiger partial charge in [-0.3, -0.25) is 0 Å². The van der Waals surface area contributed by atoms with Gasteiger partial charge in [0, 0.05) is 13.0 Å². The molecule has 0 aromatic heterocycles. The summed E-state index contributed by atoms with van der Waals surface area (Å²) >= 11 is 0. The molecule has 2 amide bonds. The minimum Gasteiger partial charge on any atom is -0.390 e. The highest BCUT2D eigenvalue weighted by Crippen LogP contribution is 2.31. The lowest BCUT2D eigenvalue weighted by molar-refractivity contribution is -0.132. The molecule has 7 heteroatoms. The number of aliphatic hydroxyl groups excluding tert-OH is 1. The molecule has 0 fully saturated rings. The van der Waals surface area contributed by atoms with Gasteiger partial charge in [0.15, 0.2) is 0 Å². The maximum Gasteiger partial charge on any atom is 0.390 e. The van der Waals surface area contributed by atoms with Crippen molar-refractivity contribution < 1.29 is 23.1 Å². The lowest BCUT2D eigenvalue weighted by Crippen LogP contribution is -2.41. The monoisotopic (exact) mass is 288 g/mol. The van der Waals surface area contributed by atoms with E-state index in [9.17, 15) is 23.1 Å².